The first-order chi connectivity index (χ1) is 9.53. The van der Waals surface area contributed by atoms with E-state index in [4.69, 9.17) is 17.3 Å². The molecule has 2 rings (SSSR count). The molecule has 112 valence electrons. The van der Waals surface area contributed by atoms with E-state index in [2.05, 4.69) is 0 Å². The molecule has 0 radical (unpaired) electrons. The molecule has 2 unspecified atom stereocenters. The first kappa shape index (κ1) is 15.8. The van der Waals surface area contributed by atoms with E-state index in [9.17, 15) is 8.42 Å². The maximum atomic E-state index is 12.7. The van der Waals surface area contributed by atoms with Crippen molar-refractivity contribution in [1.29, 1.82) is 0 Å². The van der Waals surface area contributed by atoms with Gasteiger partial charge in [0.2, 0.25) is 0 Å². The predicted molar refractivity (Wildman–Crippen MR) is 83.5 cm³/mol. The molecule has 1 fully saturated rings. The van der Waals surface area contributed by atoms with Crippen LogP contribution in [0, 0.1) is 5.92 Å². The summed E-state index contributed by atoms with van der Waals surface area (Å²) in [6.07, 6.45) is 4.87. The summed E-state index contributed by atoms with van der Waals surface area (Å²) in [5, 5.41) is 0.339. The van der Waals surface area contributed by atoms with Crippen molar-refractivity contribution in [2.24, 2.45) is 11.7 Å². The lowest BCUT2D eigenvalue weighted by atomic mass is 10.0. The molecule has 5 heteroatoms. The van der Waals surface area contributed by atoms with E-state index in [-0.39, 0.29) is 16.9 Å². The standard InChI is InChI=1S/C15H22ClNO2S/c16-14-8-6-12(7-9-14)11-20(18,19)15-5-3-1-2-4-13(15)10-17/h6-9,13,15H,1-5,10-11,17H2. The Balaban J connectivity index is 2.17. The van der Waals surface area contributed by atoms with Gasteiger partial charge in [-0.05, 0) is 43.0 Å². The van der Waals surface area contributed by atoms with Crippen LogP contribution < -0.4 is 5.73 Å². The Labute approximate surface area is 126 Å². The number of halogens is 1. The van der Waals surface area contributed by atoms with Gasteiger partial charge in [-0.1, -0.05) is 43.0 Å². The molecule has 1 aromatic carbocycles. The molecular formula is C15H22ClNO2S. The minimum atomic E-state index is -3.16. The van der Waals surface area contributed by atoms with Crippen LogP contribution in [0.5, 0.6) is 0 Å². The van der Waals surface area contributed by atoms with Crippen LogP contribution in [0.3, 0.4) is 0 Å². The van der Waals surface area contributed by atoms with Gasteiger partial charge in [0, 0.05) is 5.02 Å². The largest absolute Gasteiger partial charge is 0.330 e. The fourth-order valence-corrected chi connectivity index (χ4v) is 5.37. The van der Waals surface area contributed by atoms with Gasteiger partial charge in [0.1, 0.15) is 0 Å². The van der Waals surface area contributed by atoms with Gasteiger partial charge in [0.25, 0.3) is 0 Å². The molecule has 0 heterocycles. The number of sulfone groups is 1. The Morgan fingerprint density at radius 2 is 1.75 bits per heavy atom. The highest BCUT2D eigenvalue weighted by molar-refractivity contribution is 7.91. The van der Waals surface area contributed by atoms with Crippen molar-refractivity contribution in [3.05, 3.63) is 34.9 Å². The summed E-state index contributed by atoms with van der Waals surface area (Å²) in [5.74, 6) is 0.195. The molecule has 0 saturated heterocycles. The first-order valence-corrected chi connectivity index (χ1v) is 9.28. The zero-order valence-electron chi connectivity index (χ0n) is 11.6. The van der Waals surface area contributed by atoms with Gasteiger partial charge in [0.05, 0.1) is 11.0 Å². The third-order valence-corrected chi connectivity index (χ3v) is 6.67. The smallest absolute Gasteiger partial charge is 0.157 e. The molecule has 0 aliphatic heterocycles. The monoisotopic (exact) mass is 315 g/mol. The summed E-state index contributed by atoms with van der Waals surface area (Å²) in [4.78, 5) is 0. The predicted octanol–water partition coefficient (Wildman–Crippen LogP) is 3.16. The number of hydrogen-bond donors (Lipinski definition) is 1. The number of nitrogens with two attached hydrogens (primary N) is 1. The number of rotatable bonds is 4. The van der Waals surface area contributed by atoms with Crippen molar-refractivity contribution >= 4 is 21.4 Å². The molecule has 0 bridgehead atoms. The third kappa shape index (κ3) is 3.96. The highest BCUT2D eigenvalue weighted by Crippen LogP contribution is 2.30. The maximum absolute atomic E-state index is 12.7. The third-order valence-electron chi connectivity index (χ3n) is 4.13. The minimum absolute atomic E-state index is 0.0886. The highest BCUT2D eigenvalue weighted by atomic mass is 35.5. The molecule has 1 aliphatic carbocycles. The molecule has 0 aromatic heterocycles. The van der Waals surface area contributed by atoms with Gasteiger partial charge >= 0.3 is 0 Å². The Kier molecular flexibility index (Phi) is 5.47. The van der Waals surface area contributed by atoms with Gasteiger partial charge < -0.3 is 5.73 Å². The minimum Gasteiger partial charge on any atom is -0.330 e. The van der Waals surface area contributed by atoms with Gasteiger partial charge in [-0.3, -0.25) is 0 Å². The van der Waals surface area contributed by atoms with Gasteiger partial charge in [-0.15, -0.1) is 0 Å². The highest BCUT2D eigenvalue weighted by Gasteiger charge is 2.33. The van der Waals surface area contributed by atoms with Crippen molar-refractivity contribution < 1.29 is 8.42 Å². The van der Waals surface area contributed by atoms with Crippen LogP contribution in [0.2, 0.25) is 5.02 Å². The summed E-state index contributed by atoms with van der Waals surface area (Å²) >= 11 is 5.83. The molecule has 20 heavy (non-hydrogen) atoms. The van der Waals surface area contributed by atoms with E-state index in [1.54, 1.807) is 24.3 Å². The SMILES string of the molecule is NCC1CCCCCC1S(=O)(=O)Cc1ccc(Cl)cc1. The summed E-state index contributed by atoms with van der Waals surface area (Å²) in [7, 11) is -3.16. The number of hydrogen-bond acceptors (Lipinski definition) is 3. The van der Waals surface area contributed by atoms with Crippen molar-refractivity contribution in [3.63, 3.8) is 0 Å². The Morgan fingerprint density at radius 3 is 2.40 bits per heavy atom. The number of benzene rings is 1. The van der Waals surface area contributed by atoms with E-state index in [0.717, 1.165) is 37.7 Å². The van der Waals surface area contributed by atoms with E-state index in [1.165, 1.54) is 0 Å². The zero-order valence-corrected chi connectivity index (χ0v) is 13.2. The van der Waals surface area contributed by atoms with Crippen molar-refractivity contribution in [2.75, 3.05) is 6.54 Å². The van der Waals surface area contributed by atoms with Crippen LogP contribution in [0.4, 0.5) is 0 Å². The lowest BCUT2D eigenvalue weighted by molar-refractivity contribution is 0.456. The van der Waals surface area contributed by atoms with Crippen molar-refractivity contribution in [2.45, 2.75) is 43.1 Å². The van der Waals surface area contributed by atoms with Crippen LogP contribution in [0.25, 0.3) is 0 Å². The fraction of sp³-hybridized carbons (Fsp3) is 0.600. The lowest BCUT2D eigenvalue weighted by Gasteiger charge is -2.23. The zero-order chi connectivity index (χ0) is 14.6. The molecule has 1 saturated carbocycles. The first-order valence-electron chi connectivity index (χ1n) is 7.19. The molecular weight excluding hydrogens is 294 g/mol. The summed E-state index contributed by atoms with van der Waals surface area (Å²) in [5.41, 5.74) is 6.59. The van der Waals surface area contributed by atoms with Crippen LogP contribution in [0.15, 0.2) is 24.3 Å². The molecule has 1 aromatic rings. The van der Waals surface area contributed by atoms with E-state index in [1.807, 2.05) is 0 Å². The topological polar surface area (TPSA) is 60.2 Å². The Morgan fingerprint density at radius 1 is 1.10 bits per heavy atom. The fourth-order valence-electron chi connectivity index (χ4n) is 3.01. The second kappa shape index (κ2) is 6.92. The lowest BCUT2D eigenvalue weighted by Crippen LogP contribution is -2.34. The summed E-state index contributed by atoms with van der Waals surface area (Å²) in [6, 6.07) is 7.04. The van der Waals surface area contributed by atoms with Gasteiger partial charge in [-0.25, -0.2) is 8.42 Å². The van der Waals surface area contributed by atoms with E-state index < -0.39 is 9.84 Å². The van der Waals surface area contributed by atoms with Gasteiger partial charge in [0.15, 0.2) is 9.84 Å². The van der Waals surface area contributed by atoms with Crippen molar-refractivity contribution in [1.82, 2.24) is 0 Å². The second-order valence-corrected chi connectivity index (χ2v) is 8.26. The van der Waals surface area contributed by atoms with Crippen LogP contribution >= 0.6 is 11.6 Å². The Bertz CT molecular complexity index is 527. The van der Waals surface area contributed by atoms with E-state index >= 15 is 0 Å². The molecule has 2 N–H and O–H groups in total. The Hall–Kier alpha value is -0.580. The maximum Gasteiger partial charge on any atom is 0.157 e. The molecule has 1 aliphatic rings. The van der Waals surface area contributed by atoms with Crippen LogP contribution in [-0.2, 0) is 15.6 Å². The average Bonchev–Trinajstić information content (AvgIpc) is 2.66. The quantitative estimate of drug-likeness (QED) is 0.868. The molecule has 0 spiro atoms. The van der Waals surface area contributed by atoms with Crippen LogP contribution in [-0.4, -0.2) is 20.2 Å². The second-order valence-electron chi connectivity index (χ2n) is 5.61. The normalized spacial score (nSPS) is 24.3. The summed E-state index contributed by atoms with van der Waals surface area (Å²) < 4.78 is 25.3. The average molecular weight is 316 g/mol. The van der Waals surface area contributed by atoms with Crippen molar-refractivity contribution in [3.8, 4) is 0 Å². The molecule has 2 atom stereocenters. The molecule has 3 nitrogen and oxygen atoms in total. The molecule has 0 amide bonds. The van der Waals surface area contributed by atoms with E-state index in [0.29, 0.717) is 11.6 Å². The summed E-state index contributed by atoms with van der Waals surface area (Å²) in [6.45, 7) is 0.463. The van der Waals surface area contributed by atoms with Crippen LogP contribution in [0.1, 0.15) is 37.7 Å². The van der Waals surface area contributed by atoms with Gasteiger partial charge in [-0.2, -0.15) is 0 Å².